The van der Waals surface area contributed by atoms with Crippen LogP contribution in [-0.2, 0) is 0 Å². The zero-order chi connectivity index (χ0) is 13.5. The first kappa shape index (κ1) is 13.7. The Balaban J connectivity index is 3.13. The van der Waals surface area contributed by atoms with E-state index in [9.17, 15) is 0 Å². The fraction of sp³-hybridized carbons (Fsp3) is 0.214. The molecule has 0 spiro atoms. The lowest BCUT2D eigenvalue weighted by atomic mass is 10.2. The van der Waals surface area contributed by atoms with Gasteiger partial charge in [0.15, 0.2) is 5.84 Å². The highest BCUT2D eigenvalue weighted by Crippen LogP contribution is 2.13. The molecule has 0 aliphatic heterocycles. The molecule has 0 aromatic heterocycles. The molecule has 0 amide bonds. The van der Waals surface area contributed by atoms with E-state index in [0.29, 0.717) is 17.2 Å². The highest BCUT2D eigenvalue weighted by Gasteiger charge is 2.07. The van der Waals surface area contributed by atoms with Crippen LogP contribution in [0.3, 0.4) is 0 Å². The fourth-order valence-electron chi connectivity index (χ4n) is 1.42. The standard InChI is InChI=1S/C14H16N4/c1-5-11-7-6-8-12(9-11)18-14(15)13(17-4)10(2)16-3/h1,6-9H,2-4H3,(H2,15,18). The molecule has 0 aliphatic rings. The summed E-state index contributed by atoms with van der Waals surface area (Å²) >= 11 is 0. The fourth-order valence-corrected chi connectivity index (χ4v) is 1.42. The maximum atomic E-state index is 5.92. The molecule has 0 heterocycles. The number of benzene rings is 1. The first-order chi connectivity index (χ1) is 8.62. The normalized spacial score (nSPS) is 13.3. The van der Waals surface area contributed by atoms with Gasteiger partial charge in [-0.25, -0.2) is 4.99 Å². The Morgan fingerprint density at radius 3 is 2.56 bits per heavy atom. The summed E-state index contributed by atoms with van der Waals surface area (Å²) in [5.41, 5.74) is 8.71. The highest BCUT2D eigenvalue weighted by molar-refractivity contribution is 6.67. The summed E-state index contributed by atoms with van der Waals surface area (Å²) in [5.74, 6) is 2.88. The van der Waals surface area contributed by atoms with Gasteiger partial charge in [0.05, 0.1) is 11.4 Å². The summed E-state index contributed by atoms with van der Waals surface area (Å²) < 4.78 is 0. The van der Waals surface area contributed by atoms with Gasteiger partial charge in [-0.3, -0.25) is 9.98 Å². The smallest absolute Gasteiger partial charge is 0.151 e. The van der Waals surface area contributed by atoms with E-state index in [2.05, 4.69) is 20.9 Å². The minimum absolute atomic E-state index is 0.328. The van der Waals surface area contributed by atoms with E-state index in [-0.39, 0.29) is 0 Å². The van der Waals surface area contributed by atoms with Crippen molar-refractivity contribution in [1.29, 1.82) is 0 Å². The molecule has 0 saturated heterocycles. The van der Waals surface area contributed by atoms with Gasteiger partial charge in [-0.1, -0.05) is 12.0 Å². The molecule has 0 unspecified atom stereocenters. The average molecular weight is 240 g/mol. The Morgan fingerprint density at radius 2 is 2.00 bits per heavy atom. The molecule has 0 atom stereocenters. The lowest BCUT2D eigenvalue weighted by molar-refractivity contribution is 1.40. The van der Waals surface area contributed by atoms with Gasteiger partial charge in [-0.2, -0.15) is 0 Å². The summed E-state index contributed by atoms with van der Waals surface area (Å²) in [6.07, 6.45) is 5.33. The van der Waals surface area contributed by atoms with Gasteiger partial charge in [0.1, 0.15) is 5.71 Å². The average Bonchev–Trinajstić information content (AvgIpc) is 2.39. The molecule has 1 aromatic rings. The molecule has 0 fully saturated rings. The van der Waals surface area contributed by atoms with Crippen LogP contribution in [0.4, 0.5) is 5.69 Å². The van der Waals surface area contributed by atoms with E-state index in [1.54, 1.807) is 20.2 Å². The molecule has 2 N–H and O–H groups in total. The summed E-state index contributed by atoms with van der Waals surface area (Å²) in [6, 6.07) is 7.30. The Labute approximate surface area is 107 Å². The largest absolute Gasteiger partial charge is 0.382 e. The van der Waals surface area contributed by atoms with Gasteiger partial charge in [0.25, 0.3) is 0 Å². The van der Waals surface area contributed by atoms with Gasteiger partial charge in [-0.05, 0) is 25.1 Å². The second-order valence-electron chi connectivity index (χ2n) is 3.57. The van der Waals surface area contributed by atoms with E-state index in [0.717, 1.165) is 11.3 Å². The number of amidine groups is 1. The van der Waals surface area contributed by atoms with Crippen molar-refractivity contribution in [3.63, 3.8) is 0 Å². The molecular formula is C14H16N4. The van der Waals surface area contributed by atoms with Crippen molar-refractivity contribution >= 4 is 22.9 Å². The number of nitrogens with two attached hydrogens (primary N) is 1. The molecule has 0 aliphatic carbocycles. The zero-order valence-corrected chi connectivity index (χ0v) is 10.8. The third kappa shape index (κ3) is 3.29. The molecule has 0 saturated carbocycles. The van der Waals surface area contributed by atoms with Gasteiger partial charge in [-0.15, -0.1) is 6.42 Å². The van der Waals surface area contributed by atoms with Crippen molar-refractivity contribution in [2.24, 2.45) is 20.7 Å². The topological polar surface area (TPSA) is 63.1 Å². The van der Waals surface area contributed by atoms with E-state index in [1.165, 1.54) is 0 Å². The van der Waals surface area contributed by atoms with Crippen LogP contribution in [0.2, 0.25) is 0 Å². The van der Waals surface area contributed by atoms with Crippen LogP contribution in [0, 0.1) is 12.3 Å². The van der Waals surface area contributed by atoms with Crippen LogP contribution in [-0.4, -0.2) is 31.4 Å². The van der Waals surface area contributed by atoms with Crippen LogP contribution in [0.1, 0.15) is 12.5 Å². The monoisotopic (exact) mass is 240 g/mol. The molecule has 92 valence electrons. The van der Waals surface area contributed by atoms with Crippen LogP contribution in [0.25, 0.3) is 0 Å². The lowest BCUT2D eigenvalue weighted by Crippen LogP contribution is -2.29. The van der Waals surface area contributed by atoms with Crippen LogP contribution < -0.4 is 5.73 Å². The first-order valence-electron chi connectivity index (χ1n) is 5.44. The Hall–Kier alpha value is -2.41. The second-order valence-corrected chi connectivity index (χ2v) is 3.57. The molecule has 1 aromatic carbocycles. The van der Waals surface area contributed by atoms with Gasteiger partial charge >= 0.3 is 0 Å². The molecule has 0 radical (unpaired) electrons. The summed E-state index contributed by atoms with van der Waals surface area (Å²) in [4.78, 5) is 12.4. The van der Waals surface area contributed by atoms with E-state index in [4.69, 9.17) is 12.2 Å². The van der Waals surface area contributed by atoms with Crippen LogP contribution in [0.5, 0.6) is 0 Å². The molecule has 4 nitrogen and oxygen atoms in total. The quantitative estimate of drug-likeness (QED) is 0.489. The molecule has 4 heteroatoms. The van der Waals surface area contributed by atoms with Crippen molar-refractivity contribution in [2.75, 3.05) is 14.1 Å². The number of hydrogen-bond donors (Lipinski definition) is 1. The summed E-state index contributed by atoms with van der Waals surface area (Å²) in [7, 11) is 3.34. The molecule has 0 bridgehead atoms. The van der Waals surface area contributed by atoms with Crippen molar-refractivity contribution in [3.05, 3.63) is 29.8 Å². The lowest BCUT2D eigenvalue weighted by Gasteiger charge is -2.04. The van der Waals surface area contributed by atoms with E-state index >= 15 is 0 Å². The Morgan fingerprint density at radius 1 is 1.28 bits per heavy atom. The SMILES string of the molecule is C#Cc1cccc(N=C(N)C(=NC)C(C)=NC)c1. The third-order valence-corrected chi connectivity index (χ3v) is 2.41. The van der Waals surface area contributed by atoms with Crippen molar-refractivity contribution in [3.8, 4) is 12.3 Å². The highest BCUT2D eigenvalue weighted by atomic mass is 14.9. The van der Waals surface area contributed by atoms with Crippen molar-refractivity contribution < 1.29 is 0 Å². The van der Waals surface area contributed by atoms with Gasteiger partial charge in [0, 0.05) is 19.7 Å². The first-order valence-corrected chi connectivity index (χ1v) is 5.44. The Kier molecular flexibility index (Phi) is 4.82. The number of terminal acetylenes is 1. The van der Waals surface area contributed by atoms with Gasteiger partial charge < -0.3 is 5.73 Å². The van der Waals surface area contributed by atoms with E-state index < -0.39 is 0 Å². The van der Waals surface area contributed by atoms with Crippen molar-refractivity contribution in [2.45, 2.75) is 6.92 Å². The molecule has 18 heavy (non-hydrogen) atoms. The van der Waals surface area contributed by atoms with Crippen LogP contribution in [0.15, 0.2) is 39.2 Å². The maximum absolute atomic E-state index is 5.92. The zero-order valence-electron chi connectivity index (χ0n) is 10.8. The number of nitrogens with zero attached hydrogens (tertiary/aromatic N) is 3. The molecular weight excluding hydrogens is 224 g/mol. The van der Waals surface area contributed by atoms with Crippen molar-refractivity contribution in [1.82, 2.24) is 0 Å². The minimum atomic E-state index is 0.328. The summed E-state index contributed by atoms with van der Waals surface area (Å²) in [6.45, 7) is 1.84. The maximum Gasteiger partial charge on any atom is 0.151 e. The summed E-state index contributed by atoms with van der Waals surface area (Å²) in [5, 5.41) is 0. The molecule has 1 rings (SSSR count). The number of aliphatic imine (C=N–C) groups is 3. The third-order valence-electron chi connectivity index (χ3n) is 2.41. The minimum Gasteiger partial charge on any atom is -0.382 e. The predicted octanol–water partition coefficient (Wildman–Crippen LogP) is 1.82. The number of hydrogen-bond acceptors (Lipinski definition) is 3. The number of rotatable bonds is 3. The van der Waals surface area contributed by atoms with Crippen LogP contribution >= 0.6 is 0 Å². The van der Waals surface area contributed by atoms with E-state index in [1.807, 2.05) is 25.1 Å². The predicted molar refractivity (Wildman–Crippen MR) is 78.1 cm³/mol. The Bertz CT molecular complexity index is 559. The second kappa shape index (κ2) is 6.36. The van der Waals surface area contributed by atoms with Gasteiger partial charge in [0.2, 0.25) is 0 Å².